The highest BCUT2D eigenvalue weighted by Gasteiger charge is 2.06. The SMILES string of the molecule is Nc1ccc(-c2nccn2Cc2ccc(F)cc2)cc1. The smallest absolute Gasteiger partial charge is 0.140 e. The maximum Gasteiger partial charge on any atom is 0.140 e. The van der Waals surface area contributed by atoms with Crippen LogP contribution >= 0.6 is 0 Å². The first kappa shape index (κ1) is 12.4. The second-order valence-corrected chi connectivity index (χ2v) is 4.63. The number of nitrogens with zero attached hydrogens (tertiary/aromatic N) is 2. The summed E-state index contributed by atoms with van der Waals surface area (Å²) in [4.78, 5) is 4.38. The fourth-order valence-corrected chi connectivity index (χ4v) is 2.12. The van der Waals surface area contributed by atoms with Crippen LogP contribution in [-0.2, 0) is 6.54 Å². The van der Waals surface area contributed by atoms with E-state index in [0.717, 1.165) is 22.6 Å². The van der Waals surface area contributed by atoms with Crippen molar-refractivity contribution in [3.05, 3.63) is 72.3 Å². The fourth-order valence-electron chi connectivity index (χ4n) is 2.12. The Morgan fingerprint density at radius 2 is 1.70 bits per heavy atom. The highest BCUT2D eigenvalue weighted by molar-refractivity contribution is 5.59. The van der Waals surface area contributed by atoms with E-state index in [0.29, 0.717) is 6.54 Å². The number of halogens is 1. The number of aromatic nitrogens is 2. The molecule has 0 radical (unpaired) electrons. The van der Waals surface area contributed by atoms with E-state index in [1.165, 1.54) is 12.1 Å². The normalized spacial score (nSPS) is 10.7. The van der Waals surface area contributed by atoms with Crippen molar-refractivity contribution >= 4 is 5.69 Å². The highest BCUT2D eigenvalue weighted by atomic mass is 19.1. The summed E-state index contributed by atoms with van der Waals surface area (Å²) in [6, 6.07) is 14.1. The van der Waals surface area contributed by atoms with Crippen molar-refractivity contribution < 1.29 is 4.39 Å². The lowest BCUT2D eigenvalue weighted by molar-refractivity contribution is 0.626. The van der Waals surface area contributed by atoms with Crippen LogP contribution in [0.25, 0.3) is 11.4 Å². The first-order valence-electron chi connectivity index (χ1n) is 6.34. The Hall–Kier alpha value is -2.62. The third-order valence-electron chi connectivity index (χ3n) is 3.15. The summed E-state index contributed by atoms with van der Waals surface area (Å²) >= 11 is 0. The molecule has 0 aliphatic rings. The first-order chi connectivity index (χ1) is 9.72. The molecule has 0 saturated heterocycles. The van der Waals surface area contributed by atoms with E-state index in [1.807, 2.05) is 35.0 Å². The fraction of sp³-hybridized carbons (Fsp3) is 0.0625. The molecule has 3 rings (SSSR count). The maximum atomic E-state index is 12.9. The predicted octanol–water partition coefficient (Wildman–Crippen LogP) is 3.32. The standard InChI is InChI=1S/C16H14FN3/c17-14-5-1-12(2-6-14)11-20-10-9-19-16(20)13-3-7-15(18)8-4-13/h1-10H,11,18H2. The minimum atomic E-state index is -0.224. The van der Waals surface area contributed by atoms with Gasteiger partial charge in [0.05, 0.1) is 0 Å². The van der Waals surface area contributed by atoms with Gasteiger partial charge >= 0.3 is 0 Å². The van der Waals surface area contributed by atoms with Crippen molar-refractivity contribution in [1.29, 1.82) is 0 Å². The number of nitrogens with two attached hydrogens (primary N) is 1. The van der Waals surface area contributed by atoms with Gasteiger partial charge in [0.1, 0.15) is 11.6 Å². The number of imidazole rings is 1. The number of hydrogen-bond donors (Lipinski definition) is 1. The van der Waals surface area contributed by atoms with Crippen molar-refractivity contribution in [2.24, 2.45) is 0 Å². The Bertz CT molecular complexity index is 699. The molecule has 20 heavy (non-hydrogen) atoms. The van der Waals surface area contributed by atoms with Crippen molar-refractivity contribution in [3.8, 4) is 11.4 Å². The van der Waals surface area contributed by atoms with Crippen LogP contribution in [-0.4, -0.2) is 9.55 Å². The van der Waals surface area contributed by atoms with E-state index in [4.69, 9.17) is 5.73 Å². The Kier molecular flexibility index (Phi) is 3.21. The predicted molar refractivity (Wildman–Crippen MR) is 77.6 cm³/mol. The summed E-state index contributed by atoms with van der Waals surface area (Å²) in [5.41, 5.74) is 8.45. The average Bonchev–Trinajstić information content (AvgIpc) is 2.90. The average molecular weight is 267 g/mol. The van der Waals surface area contributed by atoms with Crippen LogP contribution in [0.5, 0.6) is 0 Å². The van der Waals surface area contributed by atoms with Crippen LogP contribution in [0, 0.1) is 5.82 Å². The second kappa shape index (κ2) is 5.17. The van der Waals surface area contributed by atoms with E-state index < -0.39 is 0 Å². The van der Waals surface area contributed by atoms with Gasteiger partial charge in [0, 0.05) is 30.2 Å². The summed E-state index contributed by atoms with van der Waals surface area (Å²) in [5, 5.41) is 0. The lowest BCUT2D eigenvalue weighted by Gasteiger charge is -2.08. The molecule has 2 aromatic carbocycles. The molecule has 0 aliphatic carbocycles. The van der Waals surface area contributed by atoms with Crippen molar-refractivity contribution in [2.75, 3.05) is 5.73 Å². The molecule has 0 saturated carbocycles. The summed E-state index contributed by atoms with van der Waals surface area (Å²) in [7, 11) is 0. The highest BCUT2D eigenvalue weighted by Crippen LogP contribution is 2.20. The number of benzene rings is 2. The third kappa shape index (κ3) is 2.54. The van der Waals surface area contributed by atoms with Crippen LogP contribution in [0.15, 0.2) is 60.9 Å². The second-order valence-electron chi connectivity index (χ2n) is 4.63. The molecule has 100 valence electrons. The zero-order valence-electron chi connectivity index (χ0n) is 10.8. The molecule has 0 bridgehead atoms. The van der Waals surface area contributed by atoms with E-state index >= 15 is 0 Å². The molecule has 0 unspecified atom stereocenters. The minimum absolute atomic E-state index is 0.224. The van der Waals surface area contributed by atoms with Gasteiger partial charge in [0.2, 0.25) is 0 Å². The molecule has 0 spiro atoms. The van der Waals surface area contributed by atoms with Crippen LogP contribution in [0.1, 0.15) is 5.56 Å². The third-order valence-corrected chi connectivity index (χ3v) is 3.15. The monoisotopic (exact) mass is 267 g/mol. The van der Waals surface area contributed by atoms with Crippen LogP contribution in [0.4, 0.5) is 10.1 Å². The van der Waals surface area contributed by atoms with Crippen molar-refractivity contribution in [3.63, 3.8) is 0 Å². The van der Waals surface area contributed by atoms with Gasteiger partial charge < -0.3 is 10.3 Å². The van der Waals surface area contributed by atoms with Crippen LogP contribution in [0.2, 0.25) is 0 Å². The maximum absolute atomic E-state index is 12.9. The van der Waals surface area contributed by atoms with Crippen LogP contribution < -0.4 is 5.73 Å². The number of nitrogen functional groups attached to an aromatic ring is 1. The summed E-state index contributed by atoms with van der Waals surface area (Å²) in [6.07, 6.45) is 3.67. The number of anilines is 1. The lowest BCUT2D eigenvalue weighted by atomic mass is 10.2. The van der Waals surface area contributed by atoms with Gasteiger partial charge in [-0.05, 0) is 42.0 Å². The van der Waals surface area contributed by atoms with Gasteiger partial charge in [-0.3, -0.25) is 0 Å². The molecule has 0 atom stereocenters. The lowest BCUT2D eigenvalue weighted by Crippen LogP contribution is -2.01. The Labute approximate surface area is 116 Å². The van der Waals surface area contributed by atoms with Crippen molar-refractivity contribution in [1.82, 2.24) is 9.55 Å². The largest absolute Gasteiger partial charge is 0.399 e. The Morgan fingerprint density at radius 1 is 1.00 bits per heavy atom. The molecule has 0 fully saturated rings. The summed E-state index contributed by atoms with van der Waals surface area (Å²) < 4.78 is 14.9. The molecule has 0 aliphatic heterocycles. The molecule has 3 nitrogen and oxygen atoms in total. The van der Waals surface area contributed by atoms with Gasteiger partial charge in [-0.2, -0.15) is 0 Å². The number of hydrogen-bond acceptors (Lipinski definition) is 2. The van der Waals surface area contributed by atoms with Crippen molar-refractivity contribution in [2.45, 2.75) is 6.54 Å². The Morgan fingerprint density at radius 3 is 2.40 bits per heavy atom. The van der Waals surface area contributed by atoms with Crippen LogP contribution in [0.3, 0.4) is 0 Å². The molecular weight excluding hydrogens is 253 g/mol. The molecule has 0 amide bonds. The summed E-state index contributed by atoms with van der Waals surface area (Å²) in [5.74, 6) is 0.646. The Balaban J connectivity index is 1.90. The van der Waals surface area contributed by atoms with Gasteiger partial charge in [-0.25, -0.2) is 9.37 Å². The zero-order valence-corrected chi connectivity index (χ0v) is 10.8. The quantitative estimate of drug-likeness (QED) is 0.740. The van der Waals surface area contributed by atoms with Gasteiger partial charge in [0.25, 0.3) is 0 Å². The summed E-state index contributed by atoms with van der Waals surface area (Å²) in [6.45, 7) is 0.653. The minimum Gasteiger partial charge on any atom is -0.399 e. The molecule has 2 N–H and O–H groups in total. The van der Waals surface area contributed by atoms with E-state index in [1.54, 1.807) is 18.3 Å². The van der Waals surface area contributed by atoms with E-state index in [2.05, 4.69) is 4.98 Å². The topological polar surface area (TPSA) is 43.8 Å². The van der Waals surface area contributed by atoms with E-state index in [-0.39, 0.29) is 5.82 Å². The molecule has 4 heteroatoms. The van der Waals surface area contributed by atoms with Gasteiger partial charge in [0.15, 0.2) is 0 Å². The van der Waals surface area contributed by atoms with Gasteiger partial charge in [-0.15, -0.1) is 0 Å². The first-order valence-corrected chi connectivity index (χ1v) is 6.34. The van der Waals surface area contributed by atoms with Gasteiger partial charge in [-0.1, -0.05) is 12.1 Å². The zero-order chi connectivity index (χ0) is 13.9. The molecular formula is C16H14FN3. The number of rotatable bonds is 3. The molecule has 3 aromatic rings. The molecule has 1 heterocycles. The molecule has 1 aromatic heterocycles. The van der Waals surface area contributed by atoms with E-state index in [9.17, 15) is 4.39 Å².